The standard InChI is InChI=1S/C22H19Cl2N7S/c23-18-16(3-7-26-19(18)24)32-17-12-27-21(31-13-28-29-20(17)31)30-8-4-22(5-9-30)10-14-2-1-6-25-15(14)11-22/h1-3,6-7,12-13H,4-5,8-11H2. The van der Waals surface area contributed by atoms with E-state index in [9.17, 15) is 0 Å². The Morgan fingerprint density at radius 3 is 2.69 bits per heavy atom. The molecule has 1 spiro atoms. The Morgan fingerprint density at radius 1 is 0.969 bits per heavy atom. The van der Waals surface area contributed by atoms with Crippen molar-refractivity contribution in [2.75, 3.05) is 18.0 Å². The first-order valence-corrected chi connectivity index (χ1v) is 12.0. The molecule has 7 nitrogen and oxygen atoms in total. The number of aromatic nitrogens is 6. The largest absolute Gasteiger partial charge is 0.342 e. The minimum absolute atomic E-state index is 0.283. The summed E-state index contributed by atoms with van der Waals surface area (Å²) < 4.78 is 1.96. The lowest BCUT2D eigenvalue weighted by Gasteiger charge is -2.39. The monoisotopic (exact) mass is 483 g/mol. The fourth-order valence-corrected chi connectivity index (χ4v) is 6.17. The highest BCUT2D eigenvalue weighted by Crippen LogP contribution is 2.44. The van der Waals surface area contributed by atoms with Gasteiger partial charge in [-0.2, -0.15) is 0 Å². The molecule has 1 saturated heterocycles. The van der Waals surface area contributed by atoms with Crippen molar-refractivity contribution in [1.29, 1.82) is 0 Å². The third-order valence-corrected chi connectivity index (χ3v) is 8.46. The lowest BCUT2D eigenvalue weighted by Crippen LogP contribution is -2.41. The topological polar surface area (TPSA) is 72.1 Å². The van der Waals surface area contributed by atoms with Crippen molar-refractivity contribution in [2.45, 2.75) is 35.5 Å². The molecule has 10 heteroatoms. The molecule has 32 heavy (non-hydrogen) atoms. The van der Waals surface area contributed by atoms with Gasteiger partial charge in [-0.1, -0.05) is 41.0 Å². The van der Waals surface area contributed by atoms with Gasteiger partial charge in [0, 0.05) is 42.3 Å². The van der Waals surface area contributed by atoms with Crippen LogP contribution in [0.5, 0.6) is 0 Å². The maximum Gasteiger partial charge on any atom is 0.212 e. The molecule has 1 aliphatic carbocycles. The van der Waals surface area contributed by atoms with Crippen molar-refractivity contribution < 1.29 is 0 Å². The van der Waals surface area contributed by atoms with Crippen molar-refractivity contribution in [3.05, 3.63) is 64.6 Å². The summed E-state index contributed by atoms with van der Waals surface area (Å²) in [6, 6.07) is 6.11. The van der Waals surface area contributed by atoms with Gasteiger partial charge in [0.15, 0.2) is 5.65 Å². The zero-order valence-electron chi connectivity index (χ0n) is 17.1. The highest BCUT2D eigenvalue weighted by atomic mass is 35.5. The minimum Gasteiger partial charge on any atom is -0.342 e. The number of halogens is 2. The summed E-state index contributed by atoms with van der Waals surface area (Å²) in [5.41, 5.74) is 3.77. The molecule has 0 unspecified atom stereocenters. The third kappa shape index (κ3) is 3.41. The molecule has 0 radical (unpaired) electrons. The molecular formula is C22H19Cl2N7S. The SMILES string of the molecule is Clc1nccc(Sc2cnc(N3CCC4(CC3)Cc3cccnc3C4)n3cnnc23)c1Cl. The van der Waals surface area contributed by atoms with E-state index in [1.165, 1.54) is 23.0 Å². The fourth-order valence-electron chi connectivity index (χ4n) is 4.84. The van der Waals surface area contributed by atoms with E-state index >= 15 is 0 Å². The van der Waals surface area contributed by atoms with Crippen LogP contribution in [0.2, 0.25) is 10.2 Å². The Hall–Kier alpha value is -2.42. The maximum atomic E-state index is 6.32. The van der Waals surface area contributed by atoms with E-state index in [2.05, 4.69) is 31.1 Å². The smallest absolute Gasteiger partial charge is 0.212 e. The van der Waals surface area contributed by atoms with Gasteiger partial charge in [-0.05, 0) is 48.8 Å². The average molecular weight is 484 g/mol. The van der Waals surface area contributed by atoms with E-state index in [1.807, 2.05) is 28.9 Å². The van der Waals surface area contributed by atoms with Crippen LogP contribution < -0.4 is 4.90 Å². The summed E-state index contributed by atoms with van der Waals surface area (Å²) in [6.07, 6.45) is 11.6. The summed E-state index contributed by atoms with van der Waals surface area (Å²) in [4.78, 5) is 17.4. The third-order valence-electron chi connectivity index (χ3n) is 6.51. The van der Waals surface area contributed by atoms with E-state index in [0.29, 0.717) is 10.4 Å². The number of rotatable bonds is 3. The predicted octanol–water partition coefficient (Wildman–Crippen LogP) is 4.76. The van der Waals surface area contributed by atoms with Crippen LogP contribution >= 0.6 is 35.0 Å². The molecule has 0 bridgehead atoms. The van der Waals surface area contributed by atoms with Gasteiger partial charge in [0.1, 0.15) is 11.5 Å². The first kappa shape index (κ1) is 20.2. The number of hydrogen-bond donors (Lipinski definition) is 0. The number of hydrogen-bond acceptors (Lipinski definition) is 7. The predicted molar refractivity (Wildman–Crippen MR) is 125 cm³/mol. The van der Waals surface area contributed by atoms with Crippen LogP contribution in [0.4, 0.5) is 5.95 Å². The Labute approximate surface area is 199 Å². The van der Waals surface area contributed by atoms with Crippen molar-refractivity contribution in [1.82, 2.24) is 29.5 Å². The molecule has 1 aliphatic heterocycles. The Bertz CT molecular complexity index is 1290. The van der Waals surface area contributed by atoms with Gasteiger partial charge in [0.25, 0.3) is 0 Å². The van der Waals surface area contributed by atoms with Crippen LogP contribution in [0.15, 0.2) is 52.9 Å². The normalized spacial score (nSPS) is 17.2. The summed E-state index contributed by atoms with van der Waals surface area (Å²) in [7, 11) is 0. The van der Waals surface area contributed by atoms with Gasteiger partial charge >= 0.3 is 0 Å². The number of piperidine rings is 1. The highest BCUT2D eigenvalue weighted by molar-refractivity contribution is 7.99. The summed E-state index contributed by atoms with van der Waals surface area (Å²) >= 11 is 13.9. The molecule has 0 amide bonds. The molecule has 5 heterocycles. The van der Waals surface area contributed by atoms with E-state index in [1.54, 1.807) is 12.5 Å². The van der Waals surface area contributed by atoms with Gasteiger partial charge in [-0.25, -0.2) is 14.4 Å². The molecule has 4 aromatic rings. The lowest BCUT2D eigenvalue weighted by atomic mass is 9.76. The average Bonchev–Trinajstić information content (AvgIpc) is 3.43. The quantitative estimate of drug-likeness (QED) is 0.389. The van der Waals surface area contributed by atoms with E-state index in [-0.39, 0.29) is 5.15 Å². The van der Waals surface area contributed by atoms with Crippen molar-refractivity contribution >= 4 is 46.6 Å². The Kier molecular flexibility index (Phi) is 4.97. The maximum absolute atomic E-state index is 6.32. The molecule has 0 atom stereocenters. The fraction of sp³-hybridized carbons (Fsp3) is 0.318. The molecule has 2 aliphatic rings. The van der Waals surface area contributed by atoms with Gasteiger partial charge in [0.05, 0.1) is 9.92 Å². The van der Waals surface area contributed by atoms with Gasteiger partial charge in [-0.3, -0.25) is 4.98 Å². The van der Waals surface area contributed by atoms with Crippen LogP contribution in [0.25, 0.3) is 5.65 Å². The van der Waals surface area contributed by atoms with Gasteiger partial charge < -0.3 is 4.90 Å². The first-order valence-electron chi connectivity index (χ1n) is 10.5. The van der Waals surface area contributed by atoms with E-state index < -0.39 is 0 Å². The van der Waals surface area contributed by atoms with Crippen molar-refractivity contribution in [3.8, 4) is 0 Å². The van der Waals surface area contributed by atoms with Gasteiger partial charge in [-0.15, -0.1) is 10.2 Å². The Balaban J connectivity index is 1.24. The minimum atomic E-state index is 0.283. The molecular weight excluding hydrogens is 465 g/mol. The second kappa shape index (κ2) is 7.86. The Morgan fingerprint density at radius 2 is 1.84 bits per heavy atom. The summed E-state index contributed by atoms with van der Waals surface area (Å²) in [5, 5.41) is 9.20. The molecule has 1 fully saturated rings. The van der Waals surface area contributed by atoms with E-state index in [0.717, 1.165) is 60.2 Å². The second-order valence-electron chi connectivity index (χ2n) is 8.41. The zero-order chi connectivity index (χ0) is 21.7. The summed E-state index contributed by atoms with van der Waals surface area (Å²) in [5.74, 6) is 0.872. The lowest BCUT2D eigenvalue weighted by molar-refractivity contribution is 0.230. The molecule has 0 aromatic carbocycles. The van der Waals surface area contributed by atoms with Crippen molar-refractivity contribution in [3.63, 3.8) is 0 Å². The number of anilines is 1. The second-order valence-corrected chi connectivity index (χ2v) is 10.2. The van der Waals surface area contributed by atoms with E-state index in [4.69, 9.17) is 28.2 Å². The number of nitrogens with zero attached hydrogens (tertiary/aromatic N) is 7. The molecule has 0 saturated carbocycles. The van der Waals surface area contributed by atoms with Crippen LogP contribution in [-0.2, 0) is 12.8 Å². The van der Waals surface area contributed by atoms with Crippen LogP contribution in [0.1, 0.15) is 24.1 Å². The van der Waals surface area contributed by atoms with Crippen LogP contribution in [0, 0.1) is 5.41 Å². The van der Waals surface area contributed by atoms with Gasteiger partial charge in [0.2, 0.25) is 5.95 Å². The van der Waals surface area contributed by atoms with Crippen molar-refractivity contribution in [2.24, 2.45) is 5.41 Å². The van der Waals surface area contributed by atoms with Crippen LogP contribution in [-0.4, -0.2) is 42.6 Å². The molecule has 6 rings (SSSR count). The molecule has 4 aromatic heterocycles. The molecule has 0 N–H and O–H groups in total. The van der Waals surface area contributed by atoms with Crippen LogP contribution in [0.3, 0.4) is 0 Å². The highest BCUT2D eigenvalue weighted by Gasteiger charge is 2.41. The zero-order valence-corrected chi connectivity index (χ0v) is 19.4. The number of pyridine rings is 2. The number of fused-ring (bicyclic) bond motifs is 2. The molecule has 162 valence electrons. The summed E-state index contributed by atoms with van der Waals surface area (Å²) in [6.45, 7) is 1.90. The first-order chi connectivity index (χ1) is 15.6.